The Kier molecular flexibility index (Phi) is 6.01. The van der Waals surface area contributed by atoms with E-state index in [1.807, 2.05) is 43.3 Å². The van der Waals surface area contributed by atoms with Gasteiger partial charge in [-0.25, -0.2) is 13.2 Å². The van der Waals surface area contributed by atoms with Gasteiger partial charge in [0.25, 0.3) is 10.0 Å². The highest BCUT2D eigenvalue weighted by atomic mass is 32.2. The molecule has 164 valence electrons. The van der Waals surface area contributed by atoms with Crippen molar-refractivity contribution in [3.05, 3.63) is 102 Å². The molecule has 0 spiro atoms. The average Bonchev–Trinajstić information content (AvgIpc) is 3.15. The van der Waals surface area contributed by atoms with E-state index in [1.165, 1.54) is 12.1 Å². The van der Waals surface area contributed by atoms with E-state index in [9.17, 15) is 13.2 Å². The number of hydrogen-bond acceptors (Lipinski definition) is 5. The second kappa shape index (κ2) is 8.88. The molecule has 2 atom stereocenters. The lowest BCUT2D eigenvalue weighted by Gasteiger charge is -2.24. The average molecular weight is 450 g/mol. The van der Waals surface area contributed by atoms with E-state index in [1.54, 1.807) is 49.6 Å². The van der Waals surface area contributed by atoms with Crippen LogP contribution in [0.2, 0.25) is 0 Å². The predicted molar refractivity (Wildman–Crippen MR) is 122 cm³/mol. The van der Waals surface area contributed by atoms with Gasteiger partial charge in [-0.05, 0) is 48.4 Å². The summed E-state index contributed by atoms with van der Waals surface area (Å²) in [6, 6.07) is 22.0. The van der Waals surface area contributed by atoms with Crippen molar-refractivity contribution in [3.63, 3.8) is 0 Å². The van der Waals surface area contributed by atoms with Crippen LogP contribution >= 0.6 is 0 Å². The first-order valence-electron chi connectivity index (χ1n) is 10.1. The Bertz CT molecular complexity index is 1220. The number of methoxy groups -OCH3 is 1. The number of carbonyl (C=O) groups is 1. The summed E-state index contributed by atoms with van der Waals surface area (Å²) in [7, 11) is -2.59. The molecular formula is C25H23NO5S. The van der Waals surface area contributed by atoms with Gasteiger partial charge in [0.1, 0.15) is 17.9 Å². The number of amides is 1. The van der Waals surface area contributed by atoms with Crippen LogP contribution < -0.4 is 4.74 Å². The van der Waals surface area contributed by atoms with Crippen LogP contribution in [-0.2, 0) is 14.8 Å². The minimum atomic E-state index is -4.14. The van der Waals surface area contributed by atoms with Crippen LogP contribution in [0.15, 0.2) is 89.8 Å². The number of nitrogens with zero attached hydrogens (tertiary/aromatic N) is 1. The van der Waals surface area contributed by atoms with Gasteiger partial charge in [0.2, 0.25) is 0 Å². The third-order valence-electron chi connectivity index (χ3n) is 5.29. The van der Waals surface area contributed by atoms with Crippen molar-refractivity contribution in [3.8, 4) is 5.75 Å². The Hall–Kier alpha value is -3.58. The molecule has 0 unspecified atom stereocenters. The standard InChI is InChI=1S/C25H23NO5S/c1-18-8-15-22(16-9-18)32(28,29)26-24(20-11-13-21(30-2)14-12-20)23(31-25(26)27)17-10-19-6-4-3-5-7-19/h3-17,23-24H,1-2H3/b17-10+/t23-,24-/m1/s1. The summed E-state index contributed by atoms with van der Waals surface area (Å²) >= 11 is 0. The van der Waals surface area contributed by atoms with Crippen molar-refractivity contribution < 1.29 is 22.7 Å². The number of rotatable bonds is 6. The lowest BCUT2D eigenvalue weighted by Crippen LogP contribution is -2.35. The molecule has 0 aromatic heterocycles. The van der Waals surface area contributed by atoms with E-state index >= 15 is 0 Å². The molecule has 0 saturated carbocycles. The largest absolute Gasteiger partial charge is 0.497 e. The van der Waals surface area contributed by atoms with Crippen LogP contribution in [0.5, 0.6) is 5.75 Å². The SMILES string of the molecule is COc1ccc([C@@H]2[C@@H](/C=C/c3ccccc3)OC(=O)N2S(=O)(=O)c2ccc(C)cc2)cc1. The summed E-state index contributed by atoms with van der Waals surface area (Å²) in [5, 5.41) is 0. The summed E-state index contributed by atoms with van der Waals surface area (Å²) in [5.41, 5.74) is 2.45. The van der Waals surface area contributed by atoms with Crippen molar-refractivity contribution >= 4 is 22.2 Å². The highest BCUT2D eigenvalue weighted by Crippen LogP contribution is 2.39. The monoisotopic (exact) mass is 449 g/mol. The molecule has 1 heterocycles. The lowest BCUT2D eigenvalue weighted by molar-refractivity contribution is 0.151. The summed E-state index contributed by atoms with van der Waals surface area (Å²) in [6.07, 6.45) is 1.83. The van der Waals surface area contributed by atoms with Crippen molar-refractivity contribution in [2.24, 2.45) is 0 Å². The van der Waals surface area contributed by atoms with Crippen molar-refractivity contribution in [2.75, 3.05) is 7.11 Å². The first kappa shape index (κ1) is 21.6. The number of sulfonamides is 1. The maximum Gasteiger partial charge on any atom is 0.425 e. The Labute approximate surface area is 187 Å². The molecule has 0 aliphatic carbocycles. The third-order valence-corrected chi connectivity index (χ3v) is 7.06. The summed E-state index contributed by atoms with van der Waals surface area (Å²) in [6.45, 7) is 1.87. The van der Waals surface area contributed by atoms with E-state index in [-0.39, 0.29) is 4.90 Å². The predicted octanol–water partition coefficient (Wildman–Crippen LogP) is 4.97. The zero-order chi connectivity index (χ0) is 22.7. The number of aryl methyl sites for hydroxylation is 1. The van der Waals surface area contributed by atoms with Gasteiger partial charge < -0.3 is 9.47 Å². The Morgan fingerprint density at radius 1 is 0.938 bits per heavy atom. The fourth-order valence-electron chi connectivity index (χ4n) is 3.59. The zero-order valence-electron chi connectivity index (χ0n) is 17.7. The van der Waals surface area contributed by atoms with Gasteiger partial charge in [0.05, 0.1) is 12.0 Å². The topological polar surface area (TPSA) is 72.9 Å². The van der Waals surface area contributed by atoms with E-state index in [0.717, 1.165) is 15.4 Å². The fourth-order valence-corrected chi connectivity index (χ4v) is 5.08. The van der Waals surface area contributed by atoms with Crippen molar-refractivity contribution in [1.82, 2.24) is 4.31 Å². The minimum absolute atomic E-state index is 0.0336. The van der Waals surface area contributed by atoms with Crippen LogP contribution in [0.4, 0.5) is 4.79 Å². The molecule has 7 heteroatoms. The van der Waals surface area contributed by atoms with Crippen LogP contribution in [0.3, 0.4) is 0 Å². The molecule has 0 bridgehead atoms. The molecular weight excluding hydrogens is 426 g/mol. The molecule has 0 N–H and O–H groups in total. The van der Waals surface area contributed by atoms with Gasteiger partial charge in [-0.3, -0.25) is 0 Å². The van der Waals surface area contributed by atoms with E-state index in [2.05, 4.69) is 0 Å². The van der Waals surface area contributed by atoms with Crippen molar-refractivity contribution in [2.45, 2.75) is 24.0 Å². The molecule has 0 radical (unpaired) electrons. The lowest BCUT2D eigenvalue weighted by atomic mass is 10.0. The molecule has 1 fully saturated rings. The first-order chi connectivity index (χ1) is 15.4. The Morgan fingerprint density at radius 2 is 1.59 bits per heavy atom. The molecule has 1 aliphatic heterocycles. The number of ether oxygens (including phenoxy) is 2. The van der Waals surface area contributed by atoms with Crippen LogP contribution in [0.1, 0.15) is 22.7 Å². The van der Waals surface area contributed by atoms with E-state index in [0.29, 0.717) is 11.3 Å². The molecule has 1 saturated heterocycles. The smallest absolute Gasteiger partial charge is 0.425 e. The molecule has 6 nitrogen and oxygen atoms in total. The molecule has 1 amide bonds. The van der Waals surface area contributed by atoms with Gasteiger partial charge >= 0.3 is 6.09 Å². The zero-order valence-corrected chi connectivity index (χ0v) is 18.5. The minimum Gasteiger partial charge on any atom is -0.497 e. The molecule has 4 rings (SSSR count). The maximum atomic E-state index is 13.5. The number of carbonyl (C=O) groups excluding carboxylic acids is 1. The second-order valence-corrected chi connectivity index (χ2v) is 9.27. The van der Waals surface area contributed by atoms with E-state index in [4.69, 9.17) is 9.47 Å². The highest BCUT2D eigenvalue weighted by Gasteiger charge is 2.48. The summed E-state index contributed by atoms with van der Waals surface area (Å²) in [5.74, 6) is 0.628. The quantitative estimate of drug-likeness (QED) is 0.531. The van der Waals surface area contributed by atoms with E-state index < -0.39 is 28.3 Å². The van der Waals surface area contributed by atoms with Crippen molar-refractivity contribution in [1.29, 1.82) is 0 Å². The first-order valence-corrected chi connectivity index (χ1v) is 11.5. The van der Waals surface area contributed by atoms with Gasteiger partial charge in [0.15, 0.2) is 0 Å². The van der Waals surface area contributed by atoms with Gasteiger partial charge in [-0.15, -0.1) is 0 Å². The number of benzene rings is 3. The highest BCUT2D eigenvalue weighted by molar-refractivity contribution is 7.89. The summed E-state index contributed by atoms with van der Waals surface area (Å²) in [4.78, 5) is 12.9. The van der Waals surface area contributed by atoms with Gasteiger partial charge in [-0.2, -0.15) is 4.31 Å². The van der Waals surface area contributed by atoms with Gasteiger partial charge in [-0.1, -0.05) is 66.2 Å². The molecule has 1 aliphatic rings. The second-order valence-electron chi connectivity index (χ2n) is 7.45. The third kappa shape index (κ3) is 4.24. The molecule has 3 aromatic rings. The van der Waals surface area contributed by atoms with Gasteiger partial charge in [0, 0.05) is 0 Å². The Morgan fingerprint density at radius 3 is 2.22 bits per heavy atom. The maximum absolute atomic E-state index is 13.5. The number of hydrogen-bond donors (Lipinski definition) is 0. The fraction of sp³-hybridized carbons (Fsp3) is 0.160. The van der Waals surface area contributed by atoms with Crippen LogP contribution in [-0.4, -0.2) is 32.0 Å². The molecule has 3 aromatic carbocycles. The molecule has 32 heavy (non-hydrogen) atoms. The van der Waals surface area contributed by atoms with Crippen LogP contribution in [0, 0.1) is 6.92 Å². The number of cyclic esters (lactones) is 1. The van der Waals surface area contributed by atoms with Crippen LogP contribution in [0.25, 0.3) is 6.08 Å². The Balaban J connectivity index is 1.77. The summed E-state index contributed by atoms with van der Waals surface area (Å²) < 4.78 is 38.5. The normalized spacial score (nSPS) is 18.7.